The van der Waals surface area contributed by atoms with Crippen LogP contribution in [-0.2, 0) is 11.3 Å². The lowest BCUT2D eigenvalue weighted by molar-refractivity contribution is 0.145. The molecule has 1 aromatic heterocycles. The van der Waals surface area contributed by atoms with Gasteiger partial charge in [-0.3, -0.25) is 4.90 Å². The van der Waals surface area contributed by atoms with Crippen LogP contribution in [-0.4, -0.2) is 65.0 Å². The van der Waals surface area contributed by atoms with Crippen molar-refractivity contribution in [1.29, 1.82) is 0 Å². The normalized spacial score (nSPS) is 16.7. The van der Waals surface area contributed by atoms with Crippen LogP contribution in [0.3, 0.4) is 0 Å². The number of hydrogen-bond donors (Lipinski definition) is 0. The summed E-state index contributed by atoms with van der Waals surface area (Å²) in [6.07, 6.45) is 1.03. The SMILES string of the molecule is COCCn1nnnc1C(CC(C)C)N1CCN(c2cc(Cl)ccc2C)CC1. The molecule has 0 radical (unpaired) electrons. The van der Waals surface area contributed by atoms with Crippen molar-refractivity contribution in [2.75, 3.05) is 44.8 Å². The van der Waals surface area contributed by atoms with Crippen molar-refractivity contribution in [3.05, 3.63) is 34.6 Å². The van der Waals surface area contributed by atoms with Gasteiger partial charge < -0.3 is 9.64 Å². The molecule has 28 heavy (non-hydrogen) atoms. The first-order valence-electron chi connectivity index (χ1n) is 9.99. The van der Waals surface area contributed by atoms with E-state index in [1.807, 2.05) is 10.7 Å². The Morgan fingerprint density at radius 1 is 1.18 bits per heavy atom. The summed E-state index contributed by atoms with van der Waals surface area (Å²) in [7, 11) is 1.70. The summed E-state index contributed by atoms with van der Waals surface area (Å²) in [6.45, 7) is 11.8. The zero-order chi connectivity index (χ0) is 20.1. The first-order chi connectivity index (χ1) is 13.5. The van der Waals surface area contributed by atoms with Gasteiger partial charge in [0.05, 0.1) is 19.2 Å². The van der Waals surface area contributed by atoms with E-state index >= 15 is 0 Å². The third kappa shape index (κ3) is 5.01. The molecule has 7 nitrogen and oxygen atoms in total. The lowest BCUT2D eigenvalue weighted by Crippen LogP contribution is -2.48. The summed E-state index contributed by atoms with van der Waals surface area (Å²) in [5, 5.41) is 13.3. The maximum Gasteiger partial charge on any atom is 0.168 e. The van der Waals surface area contributed by atoms with Gasteiger partial charge >= 0.3 is 0 Å². The van der Waals surface area contributed by atoms with Crippen molar-refractivity contribution in [1.82, 2.24) is 25.1 Å². The van der Waals surface area contributed by atoms with E-state index in [9.17, 15) is 0 Å². The predicted octanol–water partition coefficient (Wildman–Crippen LogP) is 3.19. The Kier molecular flexibility index (Phi) is 7.26. The van der Waals surface area contributed by atoms with E-state index in [1.54, 1.807) is 7.11 Å². The Bertz CT molecular complexity index is 757. The summed E-state index contributed by atoms with van der Waals surface area (Å²) in [6, 6.07) is 6.34. The molecule has 0 bridgehead atoms. The molecular formula is C20H31ClN6O. The van der Waals surface area contributed by atoms with Crippen LogP contribution in [0.4, 0.5) is 5.69 Å². The maximum absolute atomic E-state index is 6.23. The summed E-state index contributed by atoms with van der Waals surface area (Å²) >= 11 is 6.23. The minimum absolute atomic E-state index is 0.217. The molecule has 0 amide bonds. The zero-order valence-electron chi connectivity index (χ0n) is 17.3. The Hall–Kier alpha value is -1.70. The first-order valence-corrected chi connectivity index (χ1v) is 10.4. The molecule has 1 atom stereocenters. The second-order valence-corrected chi connectivity index (χ2v) is 8.29. The van der Waals surface area contributed by atoms with E-state index in [0.717, 1.165) is 43.4 Å². The molecule has 8 heteroatoms. The highest BCUT2D eigenvalue weighted by molar-refractivity contribution is 6.30. The van der Waals surface area contributed by atoms with Crippen molar-refractivity contribution in [2.24, 2.45) is 5.92 Å². The number of nitrogens with zero attached hydrogens (tertiary/aromatic N) is 6. The predicted molar refractivity (Wildman–Crippen MR) is 112 cm³/mol. The minimum atomic E-state index is 0.217. The standard InChI is InChI=1S/C20H31ClN6O/c1-15(2)13-19(20-22-23-24-27(20)11-12-28-4)26-9-7-25(8-10-26)18-14-17(21)6-5-16(18)3/h5-6,14-15,19H,7-13H2,1-4H3. The number of methoxy groups -OCH3 is 1. The summed E-state index contributed by atoms with van der Waals surface area (Å²) < 4.78 is 7.11. The second kappa shape index (κ2) is 9.67. The van der Waals surface area contributed by atoms with Crippen LogP contribution in [0, 0.1) is 12.8 Å². The van der Waals surface area contributed by atoms with Gasteiger partial charge in [0, 0.05) is 44.0 Å². The summed E-state index contributed by atoms with van der Waals surface area (Å²) in [4.78, 5) is 4.95. The Balaban J connectivity index is 1.73. The number of rotatable bonds is 8. The van der Waals surface area contributed by atoms with Gasteiger partial charge in [0.15, 0.2) is 5.82 Å². The van der Waals surface area contributed by atoms with Gasteiger partial charge in [-0.25, -0.2) is 4.68 Å². The molecule has 0 N–H and O–H groups in total. The quantitative estimate of drug-likeness (QED) is 0.671. The molecule has 1 aliphatic heterocycles. The Morgan fingerprint density at radius 2 is 1.93 bits per heavy atom. The molecule has 3 rings (SSSR count). The van der Waals surface area contributed by atoms with E-state index in [2.05, 4.69) is 58.2 Å². The molecule has 1 aromatic carbocycles. The topological polar surface area (TPSA) is 59.3 Å². The van der Waals surface area contributed by atoms with E-state index in [-0.39, 0.29) is 6.04 Å². The van der Waals surface area contributed by atoms with Crippen LogP contribution in [0.25, 0.3) is 0 Å². The molecule has 154 valence electrons. The van der Waals surface area contributed by atoms with Crippen LogP contribution >= 0.6 is 11.6 Å². The van der Waals surface area contributed by atoms with Crippen LogP contribution in [0.2, 0.25) is 5.02 Å². The second-order valence-electron chi connectivity index (χ2n) is 7.85. The Morgan fingerprint density at radius 3 is 2.61 bits per heavy atom. The fraction of sp³-hybridized carbons (Fsp3) is 0.650. The monoisotopic (exact) mass is 406 g/mol. The number of halogens is 1. The lowest BCUT2D eigenvalue weighted by Gasteiger charge is -2.40. The van der Waals surface area contributed by atoms with E-state index < -0.39 is 0 Å². The highest BCUT2D eigenvalue weighted by Crippen LogP contribution is 2.30. The van der Waals surface area contributed by atoms with Gasteiger partial charge in [0.1, 0.15) is 0 Å². The van der Waals surface area contributed by atoms with E-state index in [0.29, 0.717) is 19.1 Å². The molecule has 1 saturated heterocycles. The number of anilines is 1. The number of hydrogen-bond acceptors (Lipinski definition) is 6. The van der Waals surface area contributed by atoms with Crippen molar-refractivity contribution < 1.29 is 4.74 Å². The largest absolute Gasteiger partial charge is 0.383 e. The van der Waals surface area contributed by atoms with Crippen LogP contribution in [0.1, 0.15) is 37.7 Å². The number of benzene rings is 1. The van der Waals surface area contributed by atoms with E-state index in [4.69, 9.17) is 16.3 Å². The zero-order valence-corrected chi connectivity index (χ0v) is 18.1. The fourth-order valence-electron chi connectivity index (χ4n) is 3.85. The molecular weight excluding hydrogens is 376 g/mol. The van der Waals surface area contributed by atoms with Gasteiger partial charge in [-0.1, -0.05) is 31.5 Å². The minimum Gasteiger partial charge on any atom is -0.383 e. The molecule has 1 aliphatic rings. The third-order valence-electron chi connectivity index (χ3n) is 5.33. The van der Waals surface area contributed by atoms with Gasteiger partial charge in [-0.2, -0.15) is 0 Å². The lowest BCUT2D eigenvalue weighted by atomic mass is 10.0. The number of aromatic nitrogens is 4. The van der Waals surface area contributed by atoms with Crippen molar-refractivity contribution in [3.63, 3.8) is 0 Å². The van der Waals surface area contributed by atoms with Crippen molar-refractivity contribution >= 4 is 17.3 Å². The molecule has 2 aromatic rings. The molecule has 1 fully saturated rings. The van der Waals surface area contributed by atoms with Gasteiger partial charge in [0.2, 0.25) is 0 Å². The van der Waals surface area contributed by atoms with Crippen LogP contribution in [0.5, 0.6) is 0 Å². The summed E-state index contributed by atoms with van der Waals surface area (Å²) in [5.74, 6) is 1.50. The fourth-order valence-corrected chi connectivity index (χ4v) is 4.02. The molecule has 0 aliphatic carbocycles. The number of tetrazole rings is 1. The number of piperazine rings is 1. The first kappa shape index (κ1) is 21.0. The van der Waals surface area contributed by atoms with Gasteiger partial charge in [0.25, 0.3) is 0 Å². The smallest absolute Gasteiger partial charge is 0.168 e. The molecule has 1 unspecified atom stereocenters. The number of ether oxygens (including phenoxy) is 1. The highest BCUT2D eigenvalue weighted by Gasteiger charge is 2.30. The van der Waals surface area contributed by atoms with Crippen molar-refractivity contribution in [3.8, 4) is 0 Å². The molecule has 0 spiro atoms. The van der Waals surface area contributed by atoms with E-state index in [1.165, 1.54) is 11.3 Å². The van der Waals surface area contributed by atoms with Crippen LogP contribution in [0.15, 0.2) is 18.2 Å². The van der Waals surface area contributed by atoms with Gasteiger partial charge in [-0.05, 0) is 47.4 Å². The summed E-state index contributed by atoms with van der Waals surface area (Å²) in [5.41, 5.74) is 2.50. The van der Waals surface area contributed by atoms with Gasteiger partial charge in [-0.15, -0.1) is 5.10 Å². The highest BCUT2D eigenvalue weighted by atomic mass is 35.5. The average Bonchev–Trinajstić information content (AvgIpc) is 3.14. The average molecular weight is 407 g/mol. The number of aryl methyl sites for hydroxylation is 1. The third-order valence-corrected chi connectivity index (χ3v) is 5.56. The maximum atomic E-state index is 6.23. The molecule has 2 heterocycles. The van der Waals surface area contributed by atoms with Crippen LogP contribution < -0.4 is 4.90 Å². The molecule has 0 saturated carbocycles. The Labute approximate surface area is 172 Å². The van der Waals surface area contributed by atoms with Crippen molar-refractivity contribution in [2.45, 2.75) is 39.8 Å².